The Kier molecular flexibility index (Phi) is 7.63. The van der Waals surface area contributed by atoms with Crippen LogP contribution in [-0.4, -0.2) is 56.0 Å². The molecule has 1 fully saturated rings. The number of aryl methyl sites for hydroxylation is 3. The number of nitrogens with zero attached hydrogens (tertiary/aromatic N) is 2. The van der Waals surface area contributed by atoms with Gasteiger partial charge in [0.05, 0.1) is 0 Å². The fourth-order valence-electron chi connectivity index (χ4n) is 4.01. The van der Waals surface area contributed by atoms with E-state index in [0.717, 1.165) is 61.5 Å². The quantitative estimate of drug-likeness (QED) is 0.551. The van der Waals surface area contributed by atoms with Gasteiger partial charge in [-0.1, -0.05) is 17.7 Å². The zero-order valence-electron chi connectivity index (χ0n) is 18.5. The first kappa shape index (κ1) is 22.7. The van der Waals surface area contributed by atoms with Gasteiger partial charge in [-0.2, -0.15) is 0 Å². The molecular weight excluding hydrogens is 395 g/mol. The number of hydrogen-bond donors (Lipinski definition) is 2. The number of benzene rings is 2. The van der Waals surface area contributed by atoms with Crippen molar-refractivity contribution in [1.82, 2.24) is 10.2 Å². The van der Waals surface area contributed by atoms with Crippen LogP contribution in [0.5, 0.6) is 0 Å². The van der Waals surface area contributed by atoms with Crippen molar-refractivity contribution < 1.29 is 14.0 Å². The highest BCUT2D eigenvalue weighted by Crippen LogP contribution is 2.21. The average molecular weight is 427 g/mol. The van der Waals surface area contributed by atoms with Gasteiger partial charge in [0, 0.05) is 44.1 Å². The molecule has 31 heavy (non-hydrogen) atoms. The van der Waals surface area contributed by atoms with Crippen LogP contribution in [0.2, 0.25) is 0 Å². The summed E-state index contributed by atoms with van der Waals surface area (Å²) in [7, 11) is 0. The monoisotopic (exact) mass is 426 g/mol. The second kappa shape index (κ2) is 10.4. The van der Waals surface area contributed by atoms with Crippen molar-refractivity contribution in [3.8, 4) is 0 Å². The van der Waals surface area contributed by atoms with Gasteiger partial charge in [0.25, 0.3) is 0 Å². The topological polar surface area (TPSA) is 64.7 Å². The molecule has 166 valence electrons. The normalized spacial score (nSPS) is 14.4. The summed E-state index contributed by atoms with van der Waals surface area (Å²) in [6, 6.07) is 10.6. The Morgan fingerprint density at radius 2 is 1.55 bits per heavy atom. The summed E-state index contributed by atoms with van der Waals surface area (Å²) in [5.41, 5.74) is 4.75. The molecule has 0 bridgehead atoms. The minimum Gasteiger partial charge on any atom is -0.369 e. The molecule has 2 aromatic carbocycles. The van der Waals surface area contributed by atoms with Crippen molar-refractivity contribution in [2.75, 3.05) is 49.5 Å². The summed E-state index contributed by atoms with van der Waals surface area (Å²) in [4.78, 5) is 29.0. The Morgan fingerprint density at radius 1 is 0.935 bits per heavy atom. The Labute approximate surface area is 183 Å². The van der Waals surface area contributed by atoms with Gasteiger partial charge in [-0.3, -0.25) is 14.5 Å². The molecule has 7 heteroatoms. The lowest BCUT2D eigenvalue weighted by molar-refractivity contribution is -0.136. The van der Waals surface area contributed by atoms with E-state index in [1.165, 1.54) is 12.1 Å². The van der Waals surface area contributed by atoms with Crippen LogP contribution in [0.4, 0.5) is 15.8 Å². The molecule has 2 amide bonds. The van der Waals surface area contributed by atoms with Gasteiger partial charge in [-0.25, -0.2) is 4.39 Å². The van der Waals surface area contributed by atoms with Gasteiger partial charge in [0.1, 0.15) is 5.82 Å². The number of piperazine rings is 1. The zero-order valence-corrected chi connectivity index (χ0v) is 18.5. The predicted molar refractivity (Wildman–Crippen MR) is 122 cm³/mol. The van der Waals surface area contributed by atoms with Crippen molar-refractivity contribution in [3.05, 3.63) is 58.9 Å². The highest BCUT2D eigenvalue weighted by Gasteiger charge is 2.18. The third-order valence-electron chi connectivity index (χ3n) is 5.62. The molecule has 2 N–H and O–H groups in total. The largest absolute Gasteiger partial charge is 0.369 e. The van der Waals surface area contributed by atoms with Gasteiger partial charge in [-0.15, -0.1) is 0 Å². The molecule has 1 aliphatic heterocycles. The maximum Gasteiger partial charge on any atom is 0.313 e. The summed E-state index contributed by atoms with van der Waals surface area (Å²) in [5, 5.41) is 5.44. The van der Waals surface area contributed by atoms with Crippen LogP contribution >= 0.6 is 0 Å². The summed E-state index contributed by atoms with van der Waals surface area (Å²) < 4.78 is 13.1. The predicted octanol–water partition coefficient (Wildman–Crippen LogP) is 3.02. The van der Waals surface area contributed by atoms with E-state index >= 15 is 0 Å². The second-order valence-corrected chi connectivity index (χ2v) is 8.14. The van der Waals surface area contributed by atoms with E-state index in [1.807, 2.05) is 45.0 Å². The Balaban J connectivity index is 1.36. The number of hydrogen-bond acceptors (Lipinski definition) is 4. The smallest absolute Gasteiger partial charge is 0.313 e. The fraction of sp³-hybridized carbons (Fsp3) is 0.417. The third-order valence-corrected chi connectivity index (χ3v) is 5.62. The molecule has 6 nitrogen and oxygen atoms in total. The minimum absolute atomic E-state index is 0.220. The third kappa shape index (κ3) is 6.28. The van der Waals surface area contributed by atoms with Crippen LogP contribution < -0.4 is 15.5 Å². The Hall–Kier alpha value is -2.93. The van der Waals surface area contributed by atoms with Crippen LogP contribution in [0, 0.1) is 26.6 Å². The standard InChI is InChI=1S/C24H31FN4O2/c1-17-15-18(2)22(19(3)16-17)27-24(31)23(30)26-9-4-10-28-11-13-29(14-12-28)21-7-5-20(25)6-8-21/h5-8,15-16H,4,9-14H2,1-3H3,(H,26,30)(H,27,31). The lowest BCUT2D eigenvalue weighted by Gasteiger charge is -2.36. The van der Waals surface area contributed by atoms with E-state index in [0.29, 0.717) is 12.2 Å². The summed E-state index contributed by atoms with van der Waals surface area (Å²) in [5.74, 6) is -1.47. The number of carbonyl (C=O) groups excluding carboxylic acids is 2. The minimum atomic E-state index is -0.636. The zero-order chi connectivity index (χ0) is 22.4. The van der Waals surface area contributed by atoms with E-state index in [-0.39, 0.29) is 5.82 Å². The molecule has 0 aromatic heterocycles. The van der Waals surface area contributed by atoms with E-state index in [4.69, 9.17) is 0 Å². The maximum absolute atomic E-state index is 13.1. The van der Waals surface area contributed by atoms with Crippen LogP contribution in [0.3, 0.4) is 0 Å². The van der Waals surface area contributed by atoms with Crippen molar-refractivity contribution in [3.63, 3.8) is 0 Å². The molecule has 1 heterocycles. The lowest BCUT2D eigenvalue weighted by atomic mass is 10.1. The van der Waals surface area contributed by atoms with Crippen LogP contribution in [-0.2, 0) is 9.59 Å². The molecule has 0 aliphatic carbocycles. The van der Waals surface area contributed by atoms with Crippen molar-refractivity contribution in [1.29, 1.82) is 0 Å². The average Bonchev–Trinajstić information content (AvgIpc) is 2.74. The van der Waals surface area contributed by atoms with E-state index in [2.05, 4.69) is 20.4 Å². The van der Waals surface area contributed by atoms with Crippen LogP contribution in [0.25, 0.3) is 0 Å². The lowest BCUT2D eigenvalue weighted by Crippen LogP contribution is -2.47. The van der Waals surface area contributed by atoms with Crippen molar-refractivity contribution >= 4 is 23.2 Å². The number of halogens is 1. The van der Waals surface area contributed by atoms with Gasteiger partial charge < -0.3 is 15.5 Å². The van der Waals surface area contributed by atoms with E-state index < -0.39 is 11.8 Å². The molecule has 3 rings (SSSR count). The molecule has 0 saturated carbocycles. The van der Waals surface area contributed by atoms with Gasteiger partial charge >= 0.3 is 11.8 Å². The highest BCUT2D eigenvalue weighted by atomic mass is 19.1. The molecule has 0 unspecified atom stereocenters. The molecule has 1 saturated heterocycles. The molecule has 2 aromatic rings. The van der Waals surface area contributed by atoms with Gasteiger partial charge in [0.2, 0.25) is 0 Å². The first-order valence-electron chi connectivity index (χ1n) is 10.7. The molecule has 0 radical (unpaired) electrons. The number of anilines is 2. The van der Waals surface area contributed by atoms with Crippen LogP contribution in [0.1, 0.15) is 23.1 Å². The Bertz CT molecular complexity index is 899. The first-order chi connectivity index (χ1) is 14.8. The number of carbonyl (C=O) groups is 2. The van der Waals surface area contributed by atoms with Crippen molar-refractivity contribution in [2.45, 2.75) is 27.2 Å². The first-order valence-corrected chi connectivity index (χ1v) is 10.7. The fourth-order valence-corrected chi connectivity index (χ4v) is 4.01. The summed E-state index contributed by atoms with van der Waals surface area (Å²) in [6.45, 7) is 10.8. The number of amides is 2. The molecule has 0 atom stereocenters. The molecule has 1 aliphatic rings. The van der Waals surface area contributed by atoms with E-state index in [9.17, 15) is 14.0 Å². The van der Waals surface area contributed by atoms with Gasteiger partial charge in [0.15, 0.2) is 0 Å². The molecular formula is C24H31FN4O2. The van der Waals surface area contributed by atoms with Crippen molar-refractivity contribution in [2.24, 2.45) is 0 Å². The Morgan fingerprint density at radius 3 is 2.16 bits per heavy atom. The van der Waals surface area contributed by atoms with E-state index in [1.54, 1.807) is 0 Å². The molecule has 0 spiro atoms. The van der Waals surface area contributed by atoms with Gasteiger partial charge in [-0.05, 0) is 69.1 Å². The number of nitrogens with one attached hydrogen (secondary N) is 2. The SMILES string of the molecule is Cc1cc(C)c(NC(=O)C(=O)NCCCN2CCN(c3ccc(F)cc3)CC2)c(C)c1. The highest BCUT2D eigenvalue weighted by molar-refractivity contribution is 6.39. The van der Waals surface area contributed by atoms with Crippen LogP contribution in [0.15, 0.2) is 36.4 Å². The summed E-state index contributed by atoms with van der Waals surface area (Å²) >= 11 is 0. The second-order valence-electron chi connectivity index (χ2n) is 8.14. The maximum atomic E-state index is 13.1. The summed E-state index contributed by atoms with van der Waals surface area (Å²) in [6.07, 6.45) is 0.776. The number of rotatable bonds is 6.